The molecule has 43 heavy (non-hydrogen) atoms. The molecule has 1 aliphatic heterocycles. The van der Waals surface area contributed by atoms with Crippen molar-refractivity contribution in [2.75, 3.05) is 32.7 Å². The molecule has 2 aromatic heterocycles. The molecule has 0 saturated carbocycles. The summed E-state index contributed by atoms with van der Waals surface area (Å²) >= 11 is 3.12. The van der Waals surface area contributed by atoms with Gasteiger partial charge in [-0.25, -0.2) is 4.98 Å². The SMILES string of the molecule is Cc1ccc(-n2c(Cc3ccccc3)nnc2SCc2nc(C(=O)N3CCN(C/C=C/c4ccccc4)CC3)cs2)cc1. The fourth-order valence-electron chi connectivity index (χ4n) is 5.04. The second-order valence-electron chi connectivity index (χ2n) is 10.6. The zero-order valence-electron chi connectivity index (χ0n) is 24.2. The lowest BCUT2D eigenvalue weighted by molar-refractivity contribution is 0.0645. The molecule has 0 radical (unpaired) electrons. The number of carbonyl (C=O) groups is 1. The van der Waals surface area contributed by atoms with Gasteiger partial charge in [-0.1, -0.05) is 102 Å². The molecule has 5 aromatic rings. The van der Waals surface area contributed by atoms with Crippen LogP contribution in [0.1, 0.15) is 38.0 Å². The average molecular weight is 607 g/mol. The van der Waals surface area contributed by atoms with Gasteiger partial charge in [0.05, 0.1) is 5.75 Å². The van der Waals surface area contributed by atoms with E-state index < -0.39 is 0 Å². The topological polar surface area (TPSA) is 67.2 Å². The minimum atomic E-state index is 0.0138. The number of amides is 1. The largest absolute Gasteiger partial charge is 0.335 e. The summed E-state index contributed by atoms with van der Waals surface area (Å²) in [6, 6.07) is 29.1. The summed E-state index contributed by atoms with van der Waals surface area (Å²) in [5.41, 5.74) is 5.16. The number of rotatable bonds is 10. The number of hydrogen-bond acceptors (Lipinski definition) is 7. The molecule has 1 amide bonds. The Kier molecular flexibility index (Phi) is 9.42. The Morgan fingerprint density at radius 1 is 0.907 bits per heavy atom. The van der Waals surface area contributed by atoms with E-state index in [0.717, 1.165) is 41.3 Å². The van der Waals surface area contributed by atoms with Gasteiger partial charge in [-0.05, 0) is 30.2 Å². The third-order valence-electron chi connectivity index (χ3n) is 7.43. The molecule has 0 unspecified atom stereocenters. The Bertz CT molecular complexity index is 1660. The fraction of sp³-hybridized carbons (Fsp3) is 0.235. The molecule has 1 aliphatic rings. The van der Waals surface area contributed by atoms with Crippen LogP contribution in [-0.4, -0.2) is 68.2 Å². The first-order valence-electron chi connectivity index (χ1n) is 14.5. The minimum absolute atomic E-state index is 0.0138. The van der Waals surface area contributed by atoms with Crippen molar-refractivity contribution in [2.45, 2.75) is 24.3 Å². The second-order valence-corrected chi connectivity index (χ2v) is 12.4. The molecule has 1 fully saturated rings. The molecule has 9 heteroatoms. The quantitative estimate of drug-likeness (QED) is 0.172. The van der Waals surface area contributed by atoms with Crippen LogP contribution >= 0.6 is 23.1 Å². The van der Waals surface area contributed by atoms with Gasteiger partial charge < -0.3 is 4.90 Å². The summed E-state index contributed by atoms with van der Waals surface area (Å²) in [6.45, 7) is 6.11. The van der Waals surface area contributed by atoms with Crippen LogP contribution in [0.25, 0.3) is 11.8 Å². The summed E-state index contributed by atoms with van der Waals surface area (Å²) in [6.07, 6.45) is 5.04. The molecular formula is C34H34N6OS2. The molecular weight excluding hydrogens is 573 g/mol. The van der Waals surface area contributed by atoms with Crippen molar-refractivity contribution in [1.29, 1.82) is 0 Å². The maximum Gasteiger partial charge on any atom is 0.273 e. The van der Waals surface area contributed by atoms with Crippen LogP contribution in [0.5, 0.6) is 0 Å². The molecule has 0 bridgehead atoms. The monoisotopic (exact) mass is 606 g/mol. The molecule has 0 N–H and O–H groups in total. The van der Waals surface area contributed by atoms with Crippen LogP contribution in [0, 0.1) is 6.92 Å². The summed E-state index contributed by atoms with van der Waals surface area (Å²) in [5, 5.41) is 12.7. The van der Waals surface area contributed by atoms with E-state index in [0.29, 0.717) is 31.0 Å². The molecule has 3 aromatic carbocycles. The normalized spacial score (nSPS) is 14.0. The molecule has 1 saturated heterocycles. The van der Waals surface area contributed by atoms with Crippen LogP contribution < -0.4 is 0 Å². The molecule has 6 rings (SSSR count). The first kappa shape index (κ1) is 29.0. The number of aryl methyl sites for hydroxylation is 1. The molecule has 7 nitrogen and oxygen atoms in total. The standard InChI is InChI=1S/C34H34N6OS2/c1-26-14-16-29(17-15-26)40-31(23-28-11-6-3-7-12-28)36-37-34(40)43-25-32-35-30(24-42-32)33(41)39-21-19-38(20-22-39)18-8-13-27-9-4-2-5-10-27/h2-17,24H,18-23,25H2,1H3/b13-8+. The number of piperazine rings is 1. The second kappa shape index (κ2) is 13.9. The smallest absolute Gasteiger partial charge is 0.273 e. The van der Waals surface area contributed by atoms with Gasteiger partial charge in [0.15, 0.2) is 5.16 Å². The Balaban J connectivity index is 1.06. The van der Waals surface area contributed by atoms with E-state index in [9.17, 15) is 4.79 Å². The Morgan fingerprint density at radius 3 is 2.37 bits per heavy atom. The van der Waals surface area contributed by atoms with Gasteiger partial charge in [-0.3, -0.25) is 14.3 Å². The van der Waals surface area contributed by atoms with E-state index in [1.54, 1.807) is 11.8 Å². The van der Waals surface area contributed by atoms with E-state index >= 15 is 0 Å². The van der Waals surface area contributed by atoms with Gasteiger partial charge in [0.2, 0.25) is 0 Å². The van der Waals surface area contributed by atoms with Gasteiger partial charge >= 0.3 is 0 Å². The maximum atomic E-state index is 13.2. The molecule has 0 aliphatic carbocycles. The third kappa shape index (κ3) is 7.48. The van der Waals surface area contributed by atoms with Crippen molar-refractivity contribution in [3.63, 3.8) is 0 Å². The lowest BCUT2D eigenvalue weighted by Gasteiger charge is -2.33. The fourth-order valence-corrected chi connectivity index (χ4v) is 6.80. The number of thiazole rings is 1. The number of hydrogen-bond donors (Lipinski definition) is 0. The van der Waals surface area contributed by atoms with Gasteiger partial charge in [-0.15, -0.1) is 21.5 Å². The molecule has 3 heterocycles. The van der Waals surface area contributed by atoms with Crippen LogP contribution in [0.2, 0.25) is 0 Å². The van der Waals surface area contributed by atoms with Crippen LogP contribution in [-0.2, 0) is 12.2 Å². The highest BCUT2D eigenvalue weighted by Crippen LogP contribution is 2.28. The highest BCUT2D eigenvalue weighted by Gasteiger charge is 2.24. The first-order valence-corrected chi connectivity index (χ1v) is 16.3. The predicted molar refractivity (Wildman–Crippen MR) is 175 cm³/mol. The Hall–Kier alpha value is -4.05. The van der Waals surface area contributed by atoms with Crippen LogP contribution in [0.3, 0.4) is 0 Å². The minimum Gasteiger partial charge on any atom is -0.335 e. The zero-order chi connectivity index (χ0) is 29.4. The lowest BCUT2D eigenvalue weighted by atomic mass is 10.1. The van der Waals surface area contributed by atoms with E-state index in [1.807, 2.05) is 46.7 Å². The van der Waals surface area contributed by atoms with Crippen molar-refractivity contribution >= 4 is 35.1 Å². The third-order valence-corrected chi connectivity index (χ3v) is 9.40. The van der Waals surface area contributed by atoms with Crippen LogP contribution in [0.15, 0.2) is 102 Å². The summed E-state index contributed by atoms with van der Waals surface area (Å²) in [7, 11) is 0. The highest BCUT2D eigenvalue weighted by molar-refractivity contribution is 7.98. The maximum absolute atomic E-state index is 13.2. The number of benzene rings is 3. The average Bonchev–Trinajstić information content (AvgIpc) is 3.69. The first-order chi connectivity index (χ1) is 21.1. The van der Waals surface area contributed by atoms with E-state index in [4.69, 9.17) is 4.98 Å². The van der Waals surface area contributed by atoms with Gasteiger partial charge in [-0.2, -0.15) is 0 Å². The molecule has 0 atom stereocenters. The Morgan fingerprint density at radius 2 is 1.63 bits per heavy atom. The van der Waals surface area contributed by atoms with Crippen molar-refractivity contribution in [3.8, 4) is 5.69 Å². The lowest BCUT2D eigenvalue weighted by Crippen LogP contribution is -2.48. The van der Waals surface area contributed by atoms with Crippen molar-refractivity contribution in [3.05, 3.63) is 130 Å². The van der Waals surface area contributed by atoms with Gasteiger partial charge in [0, 0.05) is 50.2 Å². The molecule has 218 valence electrons. The summed E-state index contributed by atoms with van der Waals surface area (Å²) in [5.74, 6) is 1.52. The summed E-state index contributed by atoms with van der Waals surface area (Å²) in [4.78, 5) is 22.3. The number of carbonyl (C=O) groups excluding carboxylic acids is 1. The number of nitrogens with zero attached hydrogens (tertiary/aromatic N) is 6. The van der Waals surface area contributed by atoms with E-state index in [-0.39, 0.29) is 5.91 Å². The van der Waals surface area contributed by atoms with Crippen molar-refractivity contribution < 1.29 is 4.79 Å². The van der Waals surface area contributed by atoms with Gasteiger partial charge in [0.1, 0.15) is 16.5 Å². The molecule has 0 spiro atoms. The summed E-state index contributed by atoms with van der Waals surface area (Å²) < 4.78 is 2.13. The van der Waals surface area contributed by atoms with Crippen LogP contribution in [0.4, 0.5) is 0 Å². The number of thioether (sulfide) groups is 1. The van der Waals surface area contributed by atoms with E-state index in [1.165, 1.54) is 28.0 Å². The highest BCUT2D eigenvalue weighted by atomic mass is 32.2. The van der Waals surface area contributed by atoms with E-state index in [2.05, 4.69) is 87.3 Å². The number of aromatic nitrogens is 4. The van der Waals surface area contributed by atoms with Crippen molar-refractivity contribution in [1.82, 2.24) is 29.5 Å². The Labute approximate surface area is 260 Å². The zero-order valence-corrected chi connectivity index (χ0v) is 25.8. The van der Waals surface area contributed by atoms with Gasteiger partial charge in [0.25, 0.3) is 5.91 Å². The predicted octanol–water partition coefficient (Wildman–Crippen LogP) is 6.39. The van der Waals surface area contributed by atoms with Crippen molar-refractivity contribution in [2.24, 2.45) is 0 Å².